The maximum atomic E-state index is 11.6. The highest BCUT2D eigenvalue weighted by atomic mass is 16.4. The number of rotatable bonds is 2. The molecule has 0 spiro atoms. The molecule has 0 atom stereocenters. The molecule has 0 radical (unpaired) electrons. The zero-order valence-corrected chi connectivity index (χ0v) is 14.0. The molecule has 0 unspecified atom stereocenters. The van der Waals surface area contributed by atoms with Gasteiger partial charge in [-0.2, -0.15) is 0 Å². The van der Waals surface area contributed by atoms with Gasteiger partial charge in [-0.15, -0.1) is 0 Å². The molecule has 122 valence electrons. The second kappa shape index (κ2) is 5.96. The van der Waals surface area contributed by atoms with Gasteiger partial charge in [-0.25, -0.2) is 9.78 Å². The molecular formula is C20H20N2O2. The molecule has 0 aliphatic carbocycles. The summed E-state index contributed by atoms with van der Waals surface area (Å²) in [6.07, 6.45) is -0.959. The molecule has 24 heavy (non-hydrogen) atoms. The Morgan fingerprint density at radius 1 is 0.958 bits per heavy atom. The number of carbonyl (C=O) groups is 1. The average molecular weight is 320 g/mol. The Hall–Kier alpha value is -2.88. The molecule has 0 bridgehead atoms. The molecule has 1 N–H and O–H groups in total. The third kappa shape index (κ3) is 3.08. The lowest BCUT2D eigenvalue weighted by molar-refractivity contribution is 0.195. The number of anilines is 1. The second-order valence-corrected chi connectivity index (χ2v) is 6.72. The Morgan fingerprint density at radius 3 is 2.25 bits per heavy atom. The predicted octanol–water partition coefficient (Wildman–Crippen LogP) is 5.18. The van der Waals surface area contributed by atoms with E-state index < -0.39 is 11.6 Å². The minimum absolute atomic E-state index is 0.505. The zero-order valence-electron chi connectivity index (χ0n) is 14.0. The van der Waals surface area contributed by atoms with Gasteiger partial charge in [-0.05, 0) is 45.0 Å². The summed E-state index contributed by atoms with van der Waals surface area (Å²) < 4.78 is 0. The number of fused-ring (bicyclic) bond motifs is 1. The standard InChI is InChI=1S/C20H20N2O2/c1-20(2,3)22(19(23)24)16-11-8-15(9-12-16)18-13-10-14-6-4-5-7-17(14)21-18/h4-13H,1-3H3,(H,23,24). The molecule has 1 amide bonds. The Balaban J connectivity index is 1.97. The minimum atomic E-state index is -0.959. The number of carboxylic acid groups (broad SMARTS) is 1. The SMILES string of the molecule is CC(C)(C)N(C(=O)O)c1ccc(-c2ccc3ccccc3n2)cc1. The highest BCUT2D eigenvalue weighted by molar-refractivity contribution is 5.88. The Morgan fingerprint density at radius 2 is 1.62 bits per heavy atom. The van der Waals surface area contributed by atoms with E-state index in [9.17, 15) is 9.90 Å². The molecule has 0 saturated carbocycles. The van der Waals surface area contributed by atoms with Gasteiger partial charge in [0.25, 0.3) is 0 Å². The van der Waals surface area contributed by atoms with Crippen LogP contribution in [0.4, 0.5) is 10.5 Å². The molecule has 3 aromatic rings. The van der Waals surface area contributed by atoms with Crippen LogP contribution in [0, 0.1) is 0 Å². The van der Waals surface area contributed by atoms with Gasteiger partial charge in [-0.1, -0.05) is 36.4 Å². The zero-order chi connectivity index (χ0) is 17.3. The van der Waals surface area contributed by atoms with Crippen LogP contribution in [0.3, 0.4) is 0 Å². The van der Waals surface area contributed by atoms with Crippen LogP contribution < -0.4 is 4.90 Å². The summed E-state index contributed by atoms with van der Waals surface area (Å²) in [4.78, 5) is 17.6. The van der Waals surface area contributed by atoms with Crippen molar-refractivity contribution < 1.29 is 9.90 Å². The highest BCUT2D eigenvalue weighted by Gasteiger charge is 2.27. The summed E-state index contributed by atoms with van der Waals surface area (Å²) in [5.41, 5.74) is 2.93. The molecule has 0 aliphatic heterocycles. The molecule has 0 saturated heterocycles. The van der Waals surface area contributed by atoms with E-state index in [1.54, 1.807) is 0 Å². The fourth-order valence-corrected chi connectivity index (χ4v) is 2.79. The van der Waals surface area contributed by atoms with Gasteiger partial charge >= 0.3 is 6.09 Å². The van der Waals surface area contributed by atoms with E-state index in [1.807, 2.05) is 81.4 Å². The van der Waals surface area contributed by atoms with Crippen molar-refractivity contribution in [3.8, 4) is 11.3 Å². The van der Waals surface area contributed by atoms with Crippen LogP contribution in [-0.2, 0) is 0 Å². The van der Waals surface area contributed by atoms with Gasteiger partial charge in [0.05, 0.1) is 11.2 Å². The van der Waals surface area contributed by atoms with Crippen molar-refractivity contribution in [1.29, 1.82) is 0 Å². The van der Waals surface area contributed by atoms with Crippen molar-refractivity contribution in [3.63, 3.8) is 0 Å². The molecule has 4 nitrogen and oxygen atoms in total. The van der Waals surface area contributed by atoms with Crippen molar-refractivity contribution in [2.24, 2.45) is 0 Å². The van der Waals surface area contributed by atoms with E-state index in [2.05, 4.69) is 4.98 Å². The lowest BCUT2D eigenvalue weighted by Gasteiger charge is -2.33. The van der Waals surface area contributed by atoms with Gasteiger partial charge in [0.15, 0.2) is 0 Å². The van der Waals surface area contributed by atoms with Gasteiger partial charge in [0.2, 0.25) is 0 Å². The van der Waals surface area contributed by atoms with Crippen LogP contribution in [0.2, 0.25) is 0 Å². The molecule has 0 fully saturated rings. The van der Waals surface area contributed by atoms with E-state index in [0.29, 0.717) is 5.69 Å². The van der Waals surface area contributed by atoms with Crippen molar-refractivity contribution >= 4 is 22.7 Å². The van der Waals surface area contributed by atoms with E-state index >= 15 is 0 Å². The number of aromatic nitrogens is 1. The van der Waals surface area contributed by atoms with Crippen LogP contribution in [0.25, 0.3) is 22.2 Å². The second-order valence-electron chi connectivity index (χ2n) is 6.72. The molecular weight excluding hydrogens is 300 g/mol. The average Bonchev–Trinajstić information content (AvgIpc) is 2.53. The molecule has 1 heterocycles. The van der Waals surface area contributed by atoms with Crippen LogP contribution >= 0.6 is 0 Å². The van der Waals surface area contributed by atoms with Gasteiger partial charge in [0.1, 0.15) is 0 Å². The van der Waals surface area contributed by atoms with Crippen molar-refractivity contribution in [2.45, 2.75) is 26.3 Å². The number of para-hydroxylation sites is 1. The number of hydrogen-bond acceptors (Lipinski definition) is 2. The topological polar surface area (TPSA) is 53.4 Å². The van der Waals surface area contributed by atoms with Crippen LogP contribution in [0.5, 0.6) is 0 Å². The Labute approximate surface area is 141 Å². The number of amides is 1. The monoisotopic (exact) mass is 320 g/mol. The molecule has 3 rings (SSSR count). The van der Waals surface area contributed by atoms with E-state index in [-0.39, 0.29) is 0 Å². The summed E-state index contributed by atoms with van der Waals surface area (Å²) in [5.74, 6) is 0. The van der Waals surface area contributed by atoms with E-state index in [4.69, 9.17) is 0 Å². The Kier molecular flexibility index (Phi) is 3.97. The van der Waals surface area contributed by atoms with Gasteiger partial charge < -0.3 is 5.11 Å². The summed E-state index contributed by atoms with van der Waals surface area (Å²) in [6, 6.07) is 19.5. The van der Waals surface area contributed by atoms with Crippen LogP contribution in [0.15, 0.2) is 60.7 Å². The minimum Gasteiger partial charge on any atom is -0.465 e. The lowest BCUT2D eigenvalue weighted by atomic mass is 10.0. The summed E-state index contributed by atoms with van der Waals surface area (Å²) in [5, 5.41) is 10.6. The predicted molar refractivity (Wildman–Crippen MR) is 97.4 cm³/mol. The van der Waals surface area contributed by atoms with Crippen molar-refractivity contribution in [3.05, 3.63) is 60.7 Å². The third-order valence-corrected chi connectivity index (χ3v) is 3.88. The first-order valence-electron chi connectivity index (χ1n) is 7.86. The number of pyridine rings is 1. The lowest BCUT2D eigenvalue weighted by Crippen LogP contribution is -2.45. The fourth-order valence-electron chi connectivity index (χ4n) is 2.79. The number of nitrogens with zero attached hydrogens (tertiary/aromatic N) is 2. The summed E-state index contributed by atoms with van der Waals surface area (Å²) >= 11 is 0. The first-order valence-corrected chi connectivity index (χ1v) is 7.86. The normalized spacial score (nSPS) is 11.5. The van der Waals surface area contributed by atoms with Crippen molar-refractivity contribution in [1.82, 2.24) is 4.98 Å². The Bertz CT molecular complexity index is 880. The fraction of sp³-hybridized carbons (Fsp3) is 0.200. The van der Waals surface area contributed by atoms with Crippen molar-refractivity contribution in [2.75, 3.05) is 4.90 Å². The highest BCUT2D eigenvalue weighted by Crippen LogP contribution is 2.27. The smallest absolute Gasteiger partial charge is 0.412 e. The van der Waals surface area contributed by atoms with E-state index in [1.165, 1.54) is 4.90 Å². The maximum absolute atomic E-state index is 11.6. The number of hydrogen-bond donors (Lipinski definition) is 1. The molecule has 2 aromatic carbocycles. The largest absolute Gasteiger partial charge is 0.465 e. The first kappa shape index (κ1) is 16.0. The van der Waals surface area contributed by atoms with Crippen LogP contribution in [0.1, 0.15) is 20.8 Å². The van der Waals surface area contributed by atoms with Crippen LogP contribution in [-0.4, -0.2) is 21.7 Å². The van der Waals surface area contributed by atoms with Gasteiger partial charge in [-0.3, -0.25) is 4.90 Å². The first-order chi connectivity index (χ1) is 11.4. The van der Waals surface area contributed by atoms with E-state index in [0.717, 1.165) is 22.2 Å². The molecule has 4 heteroatoms. The quantitative estimate of drug-likeness (QED) is 0.707. The summed E-state index contributed by atoms with van der Waals surface area (Å²) in [6.45, 7) is 5.62. The number of benzene rings is 2. The molecule has 1 aromatic heterocycles. The maximum Gasteiger partial charge on any atom is 0.412 e. The third-order valence-electron chi connectivity index (χ3n) is 3.88. The van der Waals surface area contributed by atoms with Gasteiger partial charge in [0, 0.05) is 22.2 Å². The summed E-state index contributed by atoms with van der Waals surface area (Å²) in [7, 11) is 0. The molecule has 0 aliphatic rings.